The first-order valence-corrected chi connectivity index (χ1v) is 7.23. The Bertz CT molecular complexity index is 364. The van der Waals surface area contributed by atoms with Gasteiger partial charge in [0.1, 0.15) is 5.60 Å². The number of hydrogen-bond donors (Lipinski definition) is 1. The minimum Gasteiger partial charge on any atom is -0.390 e. The number of Topliss-reactive ketones (excluding diaryl/α,β-unsaturated/α-hetero) is 1. The van der Waals surface area contributed by atoms with Crippen molar-refractivity contribution in [2.75, 3.05) is 19.6 Å². The predicted molar refractivity (Wildman–Crippen MR) is 74.0 cm³/mol. The number of carbonyl (C=O) groups excluding carboxylic acids is 1. The lowest BCUT2D eigenvalue weighted by atomic mass is 9.84. The smallest absolute Gasteiger partial charge is 0.171 e. The van der Waals surface area contributed by atoms with Gasteiger partial charge in [-0.2, -0.15) is 0 Å². The fraction of sp³-hybridized carbons (Fsp3) is 0.933. The summed E-state index contributed by atoms with van der Waals surface area (Å²) in [6, 6.07) is 0. The molecule has 2 aliphatic heterocycles. The van der Waals surface area contributed by atoms with Crippen LogP contribution in [-0.4, -0.2) is 52.2 Å². The largest absolute Gasteiger partial charge is 0.390 e. The van der Waals surface area contributed by atoms with E-state index in [0.717, 1.165) is 32.5 Å². The summed E-state index contributed by atoms with van der Waals surface area (Å²) in [5, 5.41) is 9.97. The van der Waals surface area contributed by atoms with Crippen LogP contribution in [0.25, 0.3) is 0 Å². The van der Waals surface area contributed by atoms with E-state index in [1.165, 1.54) is 0 Å². The van der Waals surface area contributed by atoms with E-state index < -0.39 is 16.8 Å². The van der Waals surface area contributed by atoms with E-state index in [1.807, 2.05) is 34.6 Å². The van der Waals surface area contributed by atoms with Gasteiger partial charge in [0.25, 0.3) is 0 Å². The summed E-state index contributed by atoms with van der Waals surface area (Å²) in [6.07, 6.45) is 1.55. The highest BCUT2D eigenvalue weighted by atomic mass is 16.5. The monoisotopic (exact) mass is 269 g/mol. The molecular formula is C15H27NO3. The van der Waals surface area contributed by atoms with E-state index in [4.69, 9.17) is 4.74 Å². The number of piperidine rings is 1. The first kappa shape index (κ1) is 14.9. The molecule has 0 amide bonds. The van der Waals surface area contributed by atoms with Gasteiger partial charge in [-0.1, -0.05) is 0 Å². The Kier molecular flexibility index (Phi) is 3.57. The second-order valence-corrected chi connectivity index (χ2v) is 7.43. The molecule has 0 aromatic carbocycles. The van der Waals surface area contributed by atoms with Crippen LogP contribution in [0, 0.1) is 5.92 Å². The third kappa shape index (κ3) is 3.01. The van der Waals surface area contributed by atoms with E-state index in [2.05, 4.69) is 4.90 Å². The van der Waals surface area contributed by atoms with Gasteiger partial charge in [0, 0.05) is 19.6 Å². The summed E-state index contributed by atoms with van der Waals surface area (Å²) < 4.78 is 5.92. The Balaban J connectivity index is 2.01. The van der Waals surface area contributed by atoms with Gasteiger partial charge in [-0.3, -0.25) is 4.79 Å². The Morgan fingerprint density at radius 1 is 1.21 bits per heavy atom. The van der Waals surface area contributed by atoms with E-state index in [1.54, 1.807) is 0 Å². The highest BCUT2D eigenvalue weighted by Crippen LogP contribution is 2.40. The molecule has 2 rings (SSSR count). The zero-order valence-corrected chi connectivity index (χ0v) is 12.8. The molecule has 0 radical (unpaired) electrons. The van der Waals surface area contributed by atoms with Gasteiger partial charge in [0.15, 0.2) is 5.78 Å². The highest BCUT2D eigenvalue weighted by Gasteiger charge is 2.53. The van der Waals surface area contributed by atoms with Gasteiger partial charge >= 0.3 is 0 Å². The second-order valence-electron chi connectivity index (χ2n) is 7.43. The molecule has 2 aliphatic rings. The van der Waals surface area contributed by atoms with Crippen LogP contribution < -0.4 is 0 Å². The summed E-state index contributed by atoms with van der Waals surface area (Å²) in [5.74, 6) is 0.125. The lowest BCUT2D eigenvalue weighted by Crippen LogP contribution is -2.47. The number of likely N-dealkylation sites (tertiary alicyclic amines) is 1. The van der Waals surface area contributed by atoms with Crippen LogP contribution in [0.2, 0.25) is 0 Å². The minimum absolute atomic E-state index is 0.0782. The fourth-order valence-corrected chi connectivity index (χ4v) is 3.29. The van der Waals surface area contributed by atoms with E-state index in [-0.39, 0.29) is 11.7 Å². The Hall–Kier alpha value is -0.450. The SMILES string of the molecule is CC1(O)CCN(CC2C(=O)C(C)(C)OC2(C)C)CC1. The zero-order valence-electron chi connectivity index (χ0n) is 12.8. The summed E-state index contributed by atoms with van der Waals surface area (Å²) in [6.45, 7) is 12.1. The molecule has 2 fully saturated rings. The zero-order chi connectivity index (χ0) is 14.5. The summed E-state index contributed by atoms with van der Waals surface area (Å²) in [4.78, 5) is 14.7. The average Bonchev–Trinajstić information content (AvgIpc) is 2.39. The summed E-state index contributed by atoms with van der Waals surface area (Å²) >= 11 is 0. The molecule has 0 aromatic heterocycles. The van der Waals surface area contributed by atoms with Crippen molar-refractivity contribution >= 4 is 5.78 Å². The fourth-order valence-electron chi connectivity index (χ4n) is 3.29. The maximum Gasteiger partial charge on any atom is 0.171 e. The number of ketones is 1. The van der Waals surface area contributed by atoms with Crippen molar-refractivity contribution in [3.05, 3.63) is 0 Å². The van der Waals surface area contributed by atoms with Crippen LogP contribution in [0.4, 0.5) is 0 Å². The van der Waals surface area contributed by atoms with Crippen molar-refractivity contribution < 1.29 is 14.6 Å². The number of hydrogen-bond acceptors (Lipinski definition) is 4. The molecule has 4 heteroatoms. The maximum absolute atomic E-state index is 12.4. The third-order valence-electron chi connectivity index (χ3n) is 4.64. The molecular weight excluding hydrogens is 242 g/mol. The quantitative estimate of drug-likeness (QED) is 0.827. The van der Waals surface area contributed by atoms with E-state index in [9.17, 15) is 9.90 Å². The molecule has 2 saturated heterocycles. The normalized spacial score (nSPS) is 33.6. The van der Waals surface area contributed by atoms with Gasteiger partial charge < -0.3 is 14.7 Å². The minimum atomic E-state index is -0.671. The summed E-state index contributed by atoms with van der Waals surface area (Å²) in [5.41, 5.74) is -1.61. The number of ether oxygens (including phenoxy) is 1. The van der Waals surface area contributed by atoms with Crippen molar-refractivity contribution in [2.45, 2.75) is 64.3 Å². The lowest BCUT2D eigenvalue weighted by Gasteiger charge is -2.38. The topological polar surface area (TPSA) is 49.8 Å². The number of aliphatic hydroxyl groups is 1. The van der Waals surface area contributed by atoms with E-state index >= 15 is 0 Å². The maximum atomic E-state index is 12.4. The molecule has 0 aliphatic carbocycles. The predicted octanol–water partition coefficient (Wildman–Crippen LogP) is 1.61. The van der Waals surface area contributed by atoms with Crippen LogP contribution in [0.3, 0.4) is 0 Å². The Morgan fingerprint density at radius 2 is 1.74 bits per heavy atom. The second kappa shape index (κ2) is 4.54. The van der Waals surface area contributed by atoms with Gasteiger partial charge in [0.05, 0.1) is 17.1 Å². The van der Waals surface area contributed by atoms with Crippen molar-refractivity contribution in [2.24, 2.45) is 5.92 Å². The molecule has 1 unspecified atom stereocenters. The molecule has 4 nitrogen and oxygen atoms in total. The lowest BCUT2D eigenvalue weighted by molar-refractivity contribution is -0.132. The van der Waals surface area contributed by atoms with E-state index in [0.29, 0.717) is 0 Å². The molecule has 0 bridgehead atoms. The van der Waals surface area contributed by atoms with Gasteiger partial charge in [-0.15, -0.1) is 0 Å². The average molecular weight is 269 g/mol. The van der Waals surface area contributed by atoms with Crippen LogP contribution in [-0.2, 0) is 9.53 Å². The van der Waals surface area contributed by atoms with Crippen molar-refractivity contribution in [3.63, 3.8) is 0 Å². The molecule has 1 atom stereocenters. The highest BCUT2D eigenvalue weighted by molar-refractivity contribution is 5.91. The van der Waals surface area contributed by atoms with Crippen LogP contribution >= 0.6 is 0 Å². The first-order chi connectivity index (χ1) is 8.54. The number of nitrogens with zero attached hydrogens (tertiary/aromatic N) is 1. The summed E-state index contributed by atoms with van der Waals surface area (Å²) in [7, 11) is 0. The molecule has 0 saturated carbocycles. The standard InChI is InChI=1S/C15H27NO3/c1-13(2)11(12(17)14(3,4)19-13)10-16-8-6-15(5,18)7-9-16/h11,18H,6-10H2,1-5H3. The Labute approximate surface area is 116 Å². The van der Waals surface area contributed by atoms with Crippen LogP contribution in [0.5, 0.6) is 0 Å². The van der Waals surface area contributed by atoms with Crippen LogP contribution in [0.15, 0.2) is 0 Å². The van der Waals surface area contributed by atoms with Crippen molar-refractivity contribution in [1.29, 1.82) is 0 Å². The van der Waals surface area contributed by atoms with Crippen LogP contribution in [0.1, 0.15) is 47.5 Å². The number of rotatable bonds is 2. The van der Waals surface area contributed by atoms with Crippen molar-refractivity contribution in [3.8, 4) is 0 Å². The molecule has 0 aromatic rings. The molecule has 0 spiro atoms. The Morgan fingerprint density at radius 3 is 2.16 bits per heavy atom. The molecule has 2 heterocycles. The first-order valence-electron chi connectivity index (χ1n) is 7.23. The van der Waals surface area contributed by atoms with Gasteiger partial charge in [-0.05, 0) is 47.5 Å². The van der Waals surface area contributed by atoms with Gasteiger partial charge in [0.2, 0.25) is 0 Å². The third-order valence-corrected chi connectivity index (χ3v) is 4.64. The molecule has 1 N–H and O–H groups in total. The number of carbonyl (C=O) groups is 1. The molecule has 110 valence electrons. The van der Waals surface area contributed by atoms with Gasteiger partial charge in [-0.25, -0.2) is 0 Å². The van der Waals surface area contributed by atoms with Crippen molar-refractivity contribution in [1.82, 2.24) is 4.90 Å². The molecule has 19 heavy (non-hydrogen) atoms.